The Bertz CT molecular complexity index is 3040. The average Bonchev–Trinajstić information content (AvgIpc) is 1.72. The molecule has 0 bridgehead atoms. The fraction of sp³-hybridized carbons (Fsp3) is 0.557. The number of amides is 13. The van der Waals surface area contributed by atoms with E-state index < -0.39 is 137 Å². The summed E-state index contributed by atoms with van der Waals surface area (Å²) in [4.78, 5) is 184. The second kappa shape index (κ2) is 41.4. The normalized spacial score (nSPS) is 19.0. The van der Waals surface area contributed by atoms with E-state index >= 15 is 0 Å². The molecule has 2 aromatic carbocycles. The number of rotatable bonds is 39. The van der Waals surface area contributed by atoms with Gasteiger partial charge in [-0.25, -0.2) is 0 Å². The Labute approximate surface area is 559 Å². The van der Waals surface area contributed by atoms with Gasteiger partial charge in [-0.2, -0.15) is 0 Å². The molecule has 8 atom stereocenters. The van der Waals surface area contributed by atoms with Gasteiger partial charge in [-0.05, 0) is 81.5 Å². The van der Waals surface area contributed by atoms with Gasteiger partial charge in [-0.15, -0.1) is 11.8 Å². The van der Waals surface area contributed by atoms with E-state index in [0.29, 0.717) is 43.5 Å². The van der Waals surface area contributed by atoms with Crippen LogP contribution in [-0.2, 0) is 80.0 Å². The number of primary amides is 1. The number of carbonyl (C=O) groups is 14. The number of aliphatic carboxylic acids is 1. The van der Waals surface area contributed by atoms with Crippen LogP contribution in [0.2, 0.25) is 0 Å². The second-order valence-corrected chi connectivity index (χ2v) is 24.5. The molecule has 34 nitrogen and oxygen atoms in total. The molecular formula is C61H92N18O16S. The number of guanidine groups is 1. The number of thioether (sulfide) groups is 1. The molecule has 2 saturated heterocycles. The van der Waals surface area contributed by atoms with E-state index in [1.807, 2.05) is 0 Å². The molecule has 0 saturated carbocycles. The Morgan fingerprint density at radius 1 is 0.656 bits per heavy atom. The molecular weight excluding hydrogens is 1270 g/mol. The van der Waals surface area contributed by atoms with Gasteiger partial charge in [0.2, 0.25) is 76.8 Å². The SMILES string of the molecule is C[C@@](N)(NCCN)NC(=O)CCCC(=O)NC(Cc1ccc(O)cc1)C(=O)NCCCCCC(=O)NC(CSC1CC(=O)N(CCC(=O)NCCCCC2NC(=O)C(Cc3ccccc3)NC(=O)[C@@H](CC(=O)O)NC(=O)CNC(=O)[C@H](CCCNC(=N)N)NC2=O)C1=O)C(N)=O. The molecule has 96 heavy (non-hydrogen) atoms. The predicted molar refractivity (Wildman–Crippen MR) is 349 cm³/mol. The number of hydrogen-bond acceptors (Lipinski definition) is 20. The first kappa shape index (κ1) is 79.0. The number of carboxylic acids is 1. The van der Waals surface area contributed by atoms with Gasteiger partial charge in [0.15, 0.2) is 5.96 Å². The Hall–Kier alpha value is -9.48. The van der Waals surface area contributed by atoms with Gasteiger partial charge >= 0.3 is 5.97 Å². The van der Waals surface area contributed by atoms with Gasteiger partial charge in [0.1, 0.15) is 47.8 Å². The second-order valence-electron chi connectivity index (χ2n) is 23.2. The summed E-state index contributed by atoms with van der Waals surface area (Å²) in [6.45, 7) is 1.61. The fourth-order valence-corrected chi connectivity index (χ4v) is 11.2. The van der Waals surface area contributed by atoms with E-state index in [9.17, 15) is 77.3 Å². The first-order chi connectivity index (χ1) is 45.6. The van der Waals surface area contributed by atoms with E-state index in [0.717, 1.165) is 16.7 Å². The Balaban J connectivity index is 1.24. The van der Waals surface area contributed by atoms with Crippen LogP contribution in [0.5, 0.6) is 5.75 Å². The van der Waals surface area contributed by atoms with Crippen molar-refractivity contribution in [2.45, 2.75) is 163 Å². The van der Waals surface area contributed by atoms with E-state index in [1.165, 1.54) is 12.1 Å². The summed E-state index contributed by atoms with van der Waals surface area (Å²) in [7, 11) is 0. The lowest BCUT2D eigenvalue weighted by Crippen LogP contribution is -2.64. The molecule has 2 aromatic rings. The van der Waals surface area contributed by atoms with Gasteiger partial charge in [0.05, 0.1) is 18.2 Å². The molecule has 0 aliphatic carbocycles. The molecule has 2 aliphatic heterocycles. The van der Waals surface area contributed by atoms with Crippen LogP contribution in [0.25, 0.3) is 0 Å². The number of carboxylic acid groups (broad SMARTS) is 1. The standard InChI is InChI=1S/C61H92N18O16S/c1-61(66,71-28-24-62)78-49(84)18-10-17-48(83)72-41(31-37-19-21-38(80)22-20-37)55(91)68-26-8-3-6-16-47(82)74-44(53(63)89)35-96-45-33-51(86)79(59(45)95)29-23-46(81)67-25-9-7-14-40-56(92)75-39(15-11-27-69-60(64)65)54(90)70-34-50(85)73-43(32-52(87)88)58(94)77-42(57(93)76-40)30-36-12-4-2-5-13-36/h2,4-5,12-13,19-22,39-45,71,80H,3,6-11,14-18,23-35,62,66H2,1H3,(H2,63,89)(H,67,81)(H,68,91)(H,70,90)(H,72,83)(H,73,85)(H,74,82)(H,75,92)(H,76,93)(H,77,94)(H,78,84)(H,87,88)(H4,64,65,69)/t39-,40?,41?,42?,43+,44?,45?,61+/m0/s1. The van der Waals surface area contributed by atoms with Crippen LogP contribution in [0.4, 0.5) is 0 Å². The minimum absolute atomic E-state index is 0.00801. The number of carbonyl (C=O) groups excluding carboxylic acids is 13. The Morgan fingerprint density at radius 3 is 1.92 bits per heavy atom. The highest BCUT2D eigenvalue weighted by Gasteiger charge is 2.40. The number of nitrogens with one attached hydrogen (secondary N) is 13. The van der Waals surface area contributed by atoms with Crippen LogP contribution in [0.15, 0.2) is 54.6 Å². The van der Waals surface area contributed by atoms with Crippen molar-refractivity contribution in [3.8, 4) is 5.75 Å². The van der Waals surface area contributed by atoms with Crippen LogP contribution in [0, 0.1) is 5.41 Å². The number of phenols is 1. The third-order valence-corrected chi connectivity index (χ3v) is 16.3. The molecule has 13 amide bonds. The molecule has 2 aliphatic rings. The molecule has 35 heteroatoms. The van der Waals surface area contributed by atoms with Crippen molar-refractivity contribution in [1.29, 1.82) is 5.41 Å². The smallest absolute Gasteiger partial charge is 0.305 e. The minimum atomic E-state index is -1.67. The zero-order chi connectivity index (χ0) is 70.7. The zero-order valence-corrected chi connectivity index (χ0v) is 54.5. The summed E-state index contributed by atoms with van der Waals surface area (Å²) < 4.78 is 0. The zero-order valence-electron chi connectivity index (χ0n) is 53.7. The summed E-state index contributed by atoms with van der Waals surface area (Å²) in [5.74, 6) is -12.0. The molecule has 5 unspecified atom stereocenters. The third kappa shape index (κ3) is 30.3. The number of aromatic hydroxyl groups is 1. The largest absolute Gasteiger partial charge is 0.508 e. The van der Waals surface area contributed by atoms with Crippen molar-refractivity contribution < 1.29 is 77.3 Å². The molecule has 0 spiro atoms. The van der Waals surface area contributed by atoms with Gasteiger partial charge in [-0.1, -0.05) is 48.9 Å². The lowest BCUT2D eigenvalue weighted by molar-refractivity contribution is -0.141. The van der Waals surface area contributed by atoms with Gasteiger partial charge in [0.25, 0.3) is 0 Å². The average molecular weight is 1370 g/mol. The molecule has 4 rings (SSSR count). The molecule has 23 N–H and O–H groups in total. The quantitative estimate of drug-likeness (QED) is 0.00981. The number of likely N-dealkylation sites (tertiary alicyclic amines) is 1. The Kier molecular flexibility index (Phi) is 34.0. The van der Waals surface area contributed by atoms with Gasteiger partial charge in [-0.3, -0.25) is 88.5 Å². The number of benzene rings is 2. The number of hydrogen-bond donors (Lipinski definition) is 19. The van der Waals surface area contributed by atoms with E-state index in [4.69, 9.17) is 28.3 Å². The van der Waals surface area contributed by atoms with Crippen molar-refractivity contribution in [3.63, 3.8) is 0 Å². The third-order valence-electron chi connectivity index (χ3n) is 15.0. The maximum Gasteiger partial charge on any atom is 0.305 e. The van der Waals surface area contributed by atoms with Crippen LogP contribution >= 0.6 is 11.8 Å². The maximum absolute atomic E-state index is 14.1. The highest BCUT2D eigenvalue weighted by molar-refractivity contribution is 8.00. The number of nitrogens with two attached hydrogens (primary N) is 4. The molecule has 2 heterocycles. The van der Waals surface area contributed by atoms with E-state index in [2.05, 4.69) is 63.8 Å². The number of imide groups is 1. The number of nitrogens with zero attached hydrogens (tertiary/aromatic N) is 1. The first-order valence-electron chi connectivity index (χ1n) is 31.7. The summed E-state index contributed by atoms with van der Waals surface area (Å²) >= 11 is 0.941. The summed E-state index contributed by atoms with van der Waals surface area (Å²) in [6.07, 6.45) is 0.403. The topological polar surface area (TPSA) is 555 Å². The lowest BCUT2D eigenvalue weighted by Gasteiger charge is -2.27. The van der Waals surface area contributed by atoms with Gasteiger partial charge in [0, 0.05) is 90.0 Å². The summed E-state index contributed by atoms with van der Waals surface area (Å²) in [5.41, 5.74) is 23.7. The van der Waals surface area contributed by atoms with Crippen LogP contribution in [0.1, 0.15) is 114 Å². The fourth-order valence-electron chi connectivity index (χ4n) is 9.96. The van der Waals surface area contributed by atoms with Crippen molar-refractivity contribution in [2.24, 2.45) is 22.9 Å². The lowest BCUT2D eigenvalue weighted by atomic mass is 10.0. The highest BCUT2D eigenvalue weighted by Crippen LogP contribution is 2.26. The molecule has 0 aromatic heterocycles. The van der Waals surface area contributed by atoms with E-state index in [-0.39, 0.29) is 133 Å². The van der Waals surface area contributed by atoms with Crippen LogP contribution in [0.3, 0.4) is 0 Å². The van der Waals surface area contributed by atoms with Crippen molar-refractivity contribution >= 4 is 100 Å². The molecule has 0 radical (unpaired) electrons. The van der Waals surface area contributed by atoms with Crippen LogP contribution in [-0.4, -0.2) is 203 Å². The van der Waals surface area contributed by atoms with E-state index in [1.54, 1.807) is 49.4 Å². The number of unbranched alkanes of at least 4 members (excludes halogenated alkanes) is 3. The first-order valence-corrected chi connectivity index (χ1v) is 32.7. The minimum Gasteiger partial charge on any atom is -0.508 e. The molecule has 2 fully saturated rings. The molecule has 528 valence electrons. The van der Waals surface area contributed by atoms with Crippen LogP contribution < -0.4 is 86.7 Å². The Morgan fingerprint density at radius 2 is 1.25 bits per heavy atom. The van der Waals surface area contributed by atoms with Crippen molar-refractivity contribution in [1.82, 2.24) is 68.7 Å². The maximum atomic E-state index is 14.1. The summed E-state index contributed by atoms with van der Waals surface area (Å²) in [5, 5.41) is 57.1. The summed E-state index contributed by atoms with van der Waals surface area (Å²) in [6, 6.07) is 6.65. The van der Waals surface area contributed by atoms with Gasteiger partial charge < -0.3 is 85.9 Å². The monoisotopic (exact) mass is 1360 g/mol. The van der Waals surface area contributed by atoms with Crippen molar-refractivity contribution in [2.75, 3.05) is 51.6 Å². The highest BCUT2D eigenvalue weighted by atomic mass is 32.2. The van der Waals surface area contributed by atoms with Crippen molar-refractivity contribution in [3.05, 3.63) is 65.7 Å². The number of phenolic OH excluding ortho intramolecular Hbond substituents is 1. The predicted octanol–water partition coefficient (Wildman–Crippen LogP) is -4.88.